The first kappa shape index (κ1) is 12.4. The van der Waals surface area contributed by atoms with Gasteiger partial charge in [0, 0.05) is 11.8 Å². The van der Waals surface area contributed by atoms with Crippen molar-refractivity contribution >= 4 is 5.70 Å². The average Bonchev–Trinajstić information content (AvgIpc) is 2.16. The minimum Gasteiger partial charge on any atom is -0.397 e. The summed E-state index contributed by atoms with van der Waals surface area (Å²) >= 11 is 0. The second-order valence-electron chi connectivity index (χ2n) is 3.31. The minimum atomic E-state index is -4.40. The standard InChI is InChI=1S/C9H11F3N4/c1-5-2-7(16-4-15-5)6(13)3-8(14)9(10,11)12/h2-4,8H,13-14H2,1H3/p+1. The Kier molecular flexibility index (Phi) is 3.48. The molecular formula is C9H12F3N4+. The molecule has 0 aromatic carbocycles. The van der Waals surface area contributed by atoms with Crippen molar-refractivity contribution in [1.29, 1.82) is 0 Å². The molecule has 1 heterocycles. The lowest BCUT2D eigenvalue weighted by Crippen LogP contribution is -2.66. The number of rotatable bonds is 2. The van der Waals surface area contributed by atoms with E-state index in [0.29, 0.717) is 5.69 Å². The molecule has 1 aromatic rings. The quantitative estimate of drug-likeness (QED) is 0.768. The van der Waals surface area contributed by atoms with Crippen molar-refractivity contribution in [3.63, 3.8) is 0 Å². The highest BCUT2D eigenvalue weighted by atomic mass is 19.4. The number of nitrogens with zero attached hydrogens (tertiary/aromatic N) is 2. The number of aryl methyl sites for hydroxylation is 1. The summed E-state index contributed by atoms with van der Waals surface area (Å²) in [6, 6.07) is -0.336. The van der Waals surface area contributed by atoms with Gasteiger partial charge in [-0.2, -0.15) is 13.2 Å². The Balaban J connectivity index is 2.94. The number of aromatic nitrogens is 2. The predicted molar refractivity (Wildman–Crippen MR) is 51.7 cm³/mol. The molecule has 0 saturated heterocycles. The Morgan fingerprint density at radius 3 is 2.62 bits per heavy atom. The van der Waals surface area contributed by atoms with Crippen LogP contribution in [0, 0.1) is 6.92 Å². The van der Waals surface area contributed by atoms with Gasteiger partial charge in [0.05, 0.1) is 11.4 Å². The molecule has 1 unspecified atom stereocenters. The molecule has 16 heavy (non-hydrogen) atoms. The van der Waals surface area contributed by atoms with Crippen LogP contribution in [-0.2, 0) is 0 Å². The zero-order valence-corrected chi connectivity index (χ0v) is 8.62. The third kappa shape index (κ3) is 3.20. The lowest BCUT2D eigenvalue weighted by molar-refractivity contribution is -0.463. The highest BCUT2D eigenvalue weighted by Gasteiger charge is 2.39. The van der Waals surface area contributed by atoms with Gasteiger partial charge in [-0.05, 0) is 13.0 Å². The van der Waals surface area contributed by atoms with Crippen LogP contribution in [-0.4, -0.2) is 22.2 Å². The fraction of sp³-hybridized carbons (Fsp3) is 0.333. The molecule has 7 heteroatoms. The number of quaternary nitrogens is 1. The van der Waals surface area contributed by atoms with E-state index in [1.165, 1.54) is 12.4 Å². The summed E-state index contributed by atoms with van der Waals surface area (Å²) in [5.41, 5.74) is 9.31. The first-order valence-corrected chi connectivity index (χ1v) is 4.47. The molecule has 1 aromatic heterocycles. The van der Waals surface area contributed by atoms with Crippen LogP contribution >= 0.6 is 0 Å². The Bertz CT molecular complexity index is 400. The second-order valence-corrected chi connectivity index (χ2v) is 3.31. The number of alkyl halides is 3. The van der Waals surface area contributed by atoms with Gasteiger partial charge in [-0.3, -0.25) is 0 Å². The summed E-state index contributed by atoms with van der Waals surface area (Å²) in [6.07, 6.45) is -2.31. The molecule has 0 saturated carbocycles. The summed E-state index contributed by atoms with van der Waals surface area (Å²) in [4.78, 5) is 7.59. The maximum absolute atomic E-state index is 12.2. The fourth-order valence-corrected chi connectivity index (χ4v) is 1.01. The number of nitrogens with two attached hydrogens (primary N) is 1. The third-order valence-corrected chi connectivity index (χ3v) is 1.90. The molecular weight excluding hydrogens is 221 g/mol. The van der Waals surface area contributed by atoms with E-state index in [0.717, 1.165) is 6.08 Å². The summed E-state index contributed by atoms with van der Waals surface area (Å²) in [5.74, 6) is 0. The van der Waals surface area contributed by atoms with Gasteiger partial charge in [0.2, 0.25) is 6.04 Å². The maximum Gasteiger partial charge on any atom is 0.445 e. The molecule has 5 N–H and O–H groups in total. The highest BCUT2D eigenvalue weighted by molar-refractivity contribution is 5.59. The molecule has 0 radical (unpaired) electrons. The zero-order valence-electron chi connectivity index (χ0n) is 8.62. The first-order chi connectivity index (χ1) is 7.30. The molecule has 4 nitrogen and oxygen atoms in total. The van der Waals surface area contributed by atoms with Crippen LogP contribution in [0.25, 0.3) is 5.70 Å². The van der Waals surface area contributed by atoms with Crippen LogP contribution in [0.2, 0.25) is 0 Å². The maximum atomic E-state index is 12.2. The normalized spacial score (nSPS) is 14.9. The van der Waals surface area contributed by atoms with Gasteiger partial charge in [0.1, 0.15) is 6.33 Å². The van der Waals surface area contributed by atoms with Gasteiger partial charge < -0.3 is 11.5 Å². The van der Waals surface area contributed by atoms with Gasteiger partial charge in [0.25, 0.3) is 0 Å². The Morgan fingerprint density at radius 2 is 2.12 bits per heavy atom. The molecule has 1 atom stereocenters. The van der Waals surface area contributed by atoms with Crippen molar-refractivity contribution in [2.75, 3.05) is 0 Å². The molecule has 1 rings (SSSR count). The van der Waals surface area contributed by atoms with Gasteiger partial charge >= 0.3 is 6.18 Å². The van der Waals surface area contributed by atoms with Crippen molar-refractivity contribution in [2.45, 2.75) is 19.1 Å². The van der Waals surface area contributed by atoms with Crippen LogP contribution in [0.1, 0.15) is 11.4 Å². The highest BCUT2D eigenvalue weighted by Crippen LogP contribution is 2.19. The van der Waals surface area contributed by atoms with Crippen molar-refractivity contribution in [3.05, 3.63) is 29.9 Å². The molecule has 0 bridgehead atoms. The van der Waals surface area contributed by atoms with Gasteiger partial charge in [-0.1, -0.05) is 0 Å². The summed E-state index contributed by atoms with van der Waals surface area (Å²) in [5, 5.41) is 0. The minimum absolute atomic E-state index is 0.0529. The van der Waals surface area contributed by atoms with Crippen LogP contribution in [0.3, 0.4) is 0 Å². The fourth-order valence-electron chi connectivity index (χ4n) is 1.01. The van der Waals surface area contributed by atoms with Gasteiger partial charge in [-0.15, -0.1) is 0 Å². The molecule has 0 aliphatic rings. The predicted octanol–water partition coefficient (Wildman–Crippen LogP) is 0.257. The summed E-state index contributed by atoms with van der Waals surface area (Å²) in [6.45, 7) is 1.70. The van der Waals surface area contributed by atoms with Crippen LogP contribution < -0.4 is 11.5 Å². The van der Waals surface area contributed by atoms with Crippen LogP contribution in [0.15, 0.2) is 18.5 Å². The van der Waals surface area contributed by atoms with E-state index in [9.17, 15) is 13.2 Å². The second kappa shape index (κ2) is 4.48. The SMILES string of the molecule is Cc1cc(C(N)=CC([NH3+])C(F)(F)F)ncn1. The first-order valence-electron chi connectivity index (χ1n) is 4.47. The Morgan fingerprint density at radius 1 is 1.50 bits per heavy atom. The van der Waals surface area contributed by atoms with E-state index in [1.807, 2.05) is 0 Å². The van der Waals surface area contributed by atoms with Crippen molar-refractivity contribution in [1.82, 2.24) is 9.97 Å². The molecule has 0 amide bonds. The Hall–Kier alpha value is -1.63. The zero-order chi connectivity index (χ0) is 12.3. The third-order valence-electron chi connectivity index (χ3n) is 1.90. The van der Waals surface area contributed by atoms with E-state index in [1.54, 1.807) is 6.92 Å². The number of hydrogen-bond acceptors (Lipinski definition) is 3. The van der Waals surface area contributed by atoms with E-state index in [-0.39, 0.29) is 11.4 Å². The van der Waals surface area contributed by atoms with E-state index >= 15 is 0 Å². The van der Waals surface area contributed by atoms with Gasteiger partial charge in [0.15, 0.2) is 0 Å². The van der Waals surface area contributed by atoms with Crippen LogP contribution in [0.4, 0.5) is 13.2 Å². The van der Waals surface area contributed by atoms with Crippen molar-refractivity contribution in [2.24, 2.45) is 5.73 Å². The van der Waals surface area contributed by atoms with E-state index in [4.69, 9.17) is 5.73 Å². The lowest BCUT2D eigenvalue weighted by atomic mass is 10.2. The summed E-state index contributed by atoms with van der Waals surface area (Å²) in [7, 11) is 0. The van der Waals surface area contributed by atoms with Crippen molar-refractivity contribution < 1.29 is 18.9 Å². The molecule has 0 aliphatic carbocycles. The molecule has 0 spiro atoms. The van der Waals surface area contributed by atoms with Gasteiger partial charge in [-0.25, -0.2) is 9.97 Å². The molecule has 0 aliphatic heterocycles. The Labute approximate surface area is 90.2 Å². The largest absolute Gasteiger partial charge is 0.445 e. The van der Waals surface area contributed by atoms with Crippen molar-refractivity contribution in [3.8, 4) is 0 Å². The monoisotopic (exact) mass is 233 g/mol. The molecule has 88 valence electrons. The smallest absolute Gasteiger partial charge is 0.397 e. The lowest BCUT2D eigenvalue weighted by Gasteiger charge is -2.09. The summed E-state index contributed by atoms with van der Waals surface area (Å²) < 4.78 is 36.6. The van der Waals surface area contributed by atoms with E-state index in [2.05, 4.69) is 15.7 Å². The number of hydrogen-bond donors (Lipinski definition) is 2. The topological polar surface area (TPSA) is 79.4 Å². The van der Waals surface area contributed by atoms with Crippen LogP contribution in [0.5, 0.6) is 0 Å². The van der Waals surface area contributed by atoms with E-state index < -0.39 is 12.2 Å². The number of halogens is 3. The molecule has 0 fully saturated rings. The average molecular weight is 233 g/mol.